The van der Waals surface area contributed by atoms with E-state index in [1.807, 2.05) is 31.2 Å². The van der Waals surface area contributed by atoms with E-state index in [1.54, 1.807) is 7.11 Å². The summed E-state index contributed by atoms with van der Waals surface area (Å²) in [6.07, 6.45) is 2.70. The van der Waals surface area contributed by atoms with Crippen LogP contribution in [0.4, 0.5) is 0 Å². The van der Waals surface area contributed by atoms with Gasteiger partial charge in [0, 0.05) is 19.1 Å². The van der Waals surface area contributed by atoms with Crippen molar-refractivity contribution in [2.24, 2.45) is 0 Å². The summed E-state index contributed by atoms with van der Waals surface area (Å²) < 4.78 is 11.1. The molecule has 0 radical (unpaired) electrons. The third-order valence-corrected chi connectivity index (χ3v) is 3.11. The van der Waals surface area contributed by atoms with Crippen LogP contribution in [0.25, 0.3) is 0 Å². The van der Waals surface area contributed by atoms with E-state index in [1.165, 1.54) is 0 Å². The van der Waals surface area contributed by atoms with E-state index in [4.69, 9.17) is 9.47 Å². The maximum atomic E-state index is 11.5. The predicted octanol–water partition coefficient (Wildman–Crippen LogP) is 2.35. The normalized spacial score (nSPS) is 19.3. The SMILES string of the molecule is C=CCC(C)Oc1ccc2c(c1)C(OC)NC(=O)C2. The molecule has 1 aromatic rings. The number of fused-ring (bicyclic) bond motifs is 1. The number of methoxy groups -OCH3 is 1. The summed E-state index contributed by atoms with van der Waals surface area (Å²) in [6.45, 7) is 5.70. The Morgan fingerprint density at radius 2 is 2.37 bits per heavy atom. The van der Waals surface area contributed by atoms with Gasteiger partial charge in [-0.15, -0.1) is 6.58 Å². The molecule has 1 aliphatic rings. The largest absolute Gasteiger partial charge is 0.490 e. The molecule has 4 heteroatoms. The standard InChI is InChI=1S/C15H19NO3/c1-4-5-10(2)19-12-7-6-11-8-14(17)16-15(18-3)13(11)9-12/h4,6-7,9-10,15H,1,5,8H2,2-3H3,(H,16,17). The van der Waals surface area contributed by atoms with Crippen LogP contribution in [-0.2, 0) is 16.0 Å². The van der Waals surface area contributed by atoms with E-state index < -0.39 is 6.23 Å². The fourth-order valence-electron chi connectivity index (χ4n) is 2.20. The Labute approximate surface area is 113 Å². The van der Waals surface area contributed by atoms with Crippen LogP contribution >= 0.6 is 0 Å². The summed E-state index contributed by atoms with van der Waals surface area (Å²) in [5, 5.41) is 2.80. The van der Waals surface area contributed by atoms with Gasteiger partial charge in [-0.1, -0.05) is 12.1 Å². The van der Waals surface area contributed by atoms with Crippen molar-refractivity contribution in [1.29, 1.82) is 0 Å². The van der Waals surface area contributed by atoms with E-state index >= 15 is 0 Å². The molecule has 1 aromatic carbocycles. The number of nitrogens with one attached hydrogen (secondary N) is 1. The molecule has 2 rings (SSSR count). The third-order valence-electron chi connectivity index (χ3n) is 3.11. The highest BCUT2D eigenvalue weighted by Gasteiger charge is 2.24. The Kier molecular flexibility index (Phi) is 4.22. The summed E-state index contributed by atoms with van der Waals surface area (Å²) in [4.78, 5) is 11.5. The molecule has 1 amide bonds. The van der Waals surface area contributed by atoms with Crippen molar-refractivity contribution in [1.82, 2.24) is 5.32 Å². The van der Waals surface area contributed by atoms with E-state index in [0.29, 0.717) is 6.42 Å². The molecule has 2 atom stereocenters. The van der Waals surface area contributed by atoms with Crippen molar-refractivity contribution in [3.05, 3.63) is 42.0 Å². The molecule has 0 bridgehead atoms. The van der Waals surface area contributed by atoms with Gasteiger partial charge in [0.1, 0.15) is 5.75 Å². The first-order chi connectivity index (χ1) is 9.13. The highest BCUT2D eigenvalue weighted by Crippen LogP contribution is 2.28. The van der Waals surface area contributed by atoms with Gasteiger partial charge in [-0.25, -0.2) is 0 Å². The number of rotatable bonds is 5. The van der Waals surface area contributed by atoms with E-state index in [-0.39, 0.29) is 12.0 Å². The first kappa shape index (κ1) is 13.6. The average Bonchev–Trinajstić information content (AvgIpc) is 2.38. The van der Waals surface area contributed by atoms with E-state index in [9.17, 15) is 4.79 Å². The van der Waals surface area contributed by atoms with Crippen LogP contribution in [0.3, 0.4) is 0 Å². The number of carbonyl (C=O) groups is 1. The van der Waals surface area contributed by atoms with Gasteiger partial charge < -0.3 is 14.8 Å². The molecule has 1 heterocycles. The lowest BCUT2D eigenvalue weighted by Crippen LogP contribution is -2.36. The number of hydrogen-bond donors (Lipinski definition) is 1. The zero-order valence-corrected chi connectivity index (χ0v) is 11.3. The molecule has 0 saturated carbocycles. The topological polar surface area (TPSA) is 47.6 Å². The van der Waals surface area contributed by atoms with Crippen molar-refractivity contribution in [3.63, 3.8) is 0 Å². The second-order valence-electron chi connectivity index (χ2n) is 4.67. The Balaban J connectivity index is 2.22. The van der Waals surface area contributed by atoms with Gasteiger partial charge in [0.25, 0.3) is 0 Å². The number of carbonyl (C=O) groups excluding carboxylic acids is 1. The zero-order valence-electron chi connectivity index (χ0n) is 11.3. The first-order valence-electron chi connectivity index (χ1n) is 6.36. The monoisotopic (exact) mass is 261 g/mol. The van der Waals surface area contributed by atoms with Gasteiger partial charge in [-0.3, -0.25) is 4.79 Å². The van der Waals surface area contributed by atoms with Gasteiger partial charge >= 0.3 is 0 Å². The minimum Gasteiger partial charge on any atom is -0.490 e. The number of benzene rings is 1. The lowest BCUT2D eigenvalue weighted by atomic mass is 9.99. The van der Waals surface area contributed by atoms with Crippen molar-refractivity contribution < 1.29 is 14.3 Å². The summed E-state index contributed by atoms with van der Waals surface area (Å²) >= 11 is 0. The molecular weight excluding hydrogens is 242 g/mol. The molecular formula is C15H19NO3. The molecule has 0 spiro atoms. The summed E-state index contributed by atoms with van der Waals surface area (Å²) in [6, 6.07) is 5.75. The number of hydrogen-bond acceptors (Lipinski definition) is 3. The third kappa shape index (κ3) is 3.15. The average molecular weight is 261 g/mol. The van der Waals surface area contributed by atoms with Crippen LogP contribution in [0, 0.1) is 0 Å². The van der Waals surface area contributed by atoms with Gasteiger partial charge in [0.15, 0.2) is 6.23 Å². The molecule has 0 saturated heterocycles. The van der Waals surface area contributed by atoms with E-state index in [2.05, 4.69) is 11.9 Å². The van der Waals surface area contributed by atoms with E-state index in [0.717, 1.165) is 23.3 Å². The van der Waals surface area contributed by atoms with Crippen molar-refractivity contribution in [2.45, 2.75) is 32.1 Å². The molecule has 102 valence electrons. The van der Waals surface area contributed by atoms with Crippen molar-refractivity contribution in [3.8, 4) is 5.75 Å². The van der Waals surface area contributed by atoms with Crippen LogP contribution in [0.5, 0.6) is 5.75 Å². The molecule has 2 unspecified atom stereocenters. The maximum absolute atomic E-state index is 11.5. The summed E-state index contributed by atoms with van der Waals surface area (Å²) in [5.74, 6) is 0.763. The van der Waals surface area contributed by atoms with Crippen LogP contribution in [0.15, 0.2) is 30.9 Å². The molecule has 1 aliphatic heterocycles. The Hall–Kier alpha value is -1.81. The Morgan fingerprint density at radius 3 is 3.05 bits per heavy atom. The molecule has 0 aliphatic carbocycles. The Bertz CT molecular complexity index is 484. The first-order valence-corrected chi connectivity index (χ1v) is 6.36. The van der Waals surface area contributed by atoms with Crippen LogP contribution in [-0.4, -0.2) is 19.1 Å². The predicted molar refractivity (Wildman–Crippen MR) is 72.9 cm³/mol. The van der Waals surface area contributed by atoms with Gasteiger partial charge in [0.05, 0.1) is 12.5 Å². The van der Waals surface area contributed by atoms with Crippen LogP contribution in [0.2, 0.25) is 0 Å². The molecule has 1 N–H and O–H groups in total. The van der Waals surface area contributed by atoms with Crippen molar-refractivity contribution >= 4 is 5.91 Å². The molecule has 19 heavy (non-hydrogen) atoms. The van der Waals surface area contributed by atoms with Gasteiger partial charge in [-0.05, 0) is 24.6 Å². The maximum Gasteiger partial charge on any atom is 0.226 e. The van der Waals surface area contributed by atoms with Gasteiger partial charge in [0.2, 0.25) is 5.91 Å². The highest BCUT2D eigenvalue weighted by atomic mass is 16.5. The number of ether oxygens (including phenoxy) is 2. The fraction of sp³-hybridized carbons (Fsp3) is 0.400. The lowest BCUT2D eigenvalue weighted by Gasteiger charge is -2.26. The minimum absolute atomic E-state index is 0.0203. The molecule has 0 fully saturated rings. The molecule has 0 aromatic heterocycles. The number of amides is 1. The second-order valence-corrected chi connectivity index (χ2v) is 4.67. The second kappa shape index (κ2) is 5.89. The fourth-order valence-corrected chi connectivity index (χ4v) is 2.20. The zero-order chi connectivity index (χ0) is 13.8. The smallest absolute Gasteiger partial charge is 0.226 e. The summed E-state index contributed by atoms with van der Waals surface area (Å²) in [7, 11) is 1.58. The van der Waals surface area contributed by atoms with Gasteiger partial charge in [-0.2, -0.15) is 0 Å². The summed E-state index contributed by atoms with van der Waals surface area (Å²) in [5.41, 5.74) is 1.95. The molecule has 4 nitrogen and oxygen atoms in total. The highest BCUT2D eigenvalue weighted by molar-refractivity contribution is 5.81. The van der Waals surface area contributed by atoms with Crippen LogP contribution < -0.4 is 10.1 Å². The van der Waals surface area contributed by atoms with Crippen molar-refractivity contribution in [2.75, 3.05) is 7.11 Å². The van der Waals surface area contributed by atoms with Crippen LogP contribution in [0.1, 0.15) is 30.7 Å². The lowest BCUT2D eigenvalue weighted by molar-refractivity contribution is -0.125. The quantitative estimate of drug-likeness (QED) is 0.828. The Morgan fingerprint density at radius 1 is 1.58 bits per heavy atom. The minimum atomic E-state index is -0.394.